The molecular formula is C19H27O5S-. The fourth-order valence-electron chi connectivity index (χ4n) is 8.01. The molecule has 0 aromatic rings. The maximum Gasteiger partial charge on any atom is 0.174 e. The van der Waals surface area contributed by atoms with Crippen LogP contribution in [0.25, 0.3) is 0 Å². The Balaban J connectivity index is 1.23. The predicted molar refractivity (Wildman–Crippen MR) is 88.4 cm³/mol. The Morgan fingerprint density at radius 3 is 2.16 bits per heavy atom. The van der Waals surface area contributed by atoms with Gasteiger partial charge in [-0.15, -0.1) is 0 Å². The maximum absolute atomic E-state index is 11.0. The molecule has 1 spiro atoms. The highest BCUT2D eigenvalue weighted by Crippen LogP contribution is 2.66. The Kier molecular flexibility index (Phi) is 3.17. The molecule has 0 aromatic carbocycles. The Bertz CT molecular complexity index is 660. The van der Waals surface area contributed by atoms with E-state index in [1.807, 2.05) is 0 Å². The molecule has 6 heteroatoms. The van der Waals surface area contributed by atoms with Gasteiger partial charge in [-0.2, -0.15) is 0 Å². The van der Waals surface area contributed by atoms with E-state index in [-0.39, 0.29) is 23.7 Å². The highest BCUT2D eigenvalue weighted by molar-refractivity contribution is 7.85. The second kappa shape index (κ2) is 5.00. The van der Waals surface area contributed by atoms with E-state index in [0.717, 1.165) is 24.7 Å². The quantitative estimate of drug-likeness (QED) is 0.717. The average molecular weight is 367 g/mol. The van der Waals surface area contributed by atoms with Crippen molar-refractivity contribution < 1.29 is 22.4 Å². The summed E-state index contributed by atoms with van der Waals surface area (Å²) in [7, 11) is -4.11. The molecule has 6 aliphatic carbocycles. The normalized spacial score (nSPS) is 58.4. The van der Waals surface area contributed by atoms with Crippen LogP contribution in [0.5, 0.6) is 0 Å². The molecule has 5 nitrogen and oxygen atoms in total. The first-order valence-corrected chi connectivity index (χ1v) is 11.8. The van der Waals surface area contributed by atoms with Crippen LogP contribution in [-0.4, -0.2) is 36.7 Å². The molecule has 5 unspecified atom stereocenters. The van der Waals surface area contributed by atoms with E-state index in [1.165, 1.54) is 32.1 Å². The fourth-order valence-corrected chi connectivity index (χ4v) is 8.60. The third kappa shape index (κ3) is 2.20. The summed E-state index contributed by atoms with van der Waals surface area (Å²) in [5, 5.41) is 0. The number of rotatable bonds is 3. The lowest BCUT2D eigenvalue weighted by atomic mass is 9.53. The highest BCUT2D eigenvalue weighted by Gasteiger charge is 2.69. The lowest BCUT2D eigenvalue weighted by Gasteiger charge is -2.58. The molecule has 0 radical (unpaired) electrons. The van der Waals surface area contributed by atoms with Crippen LogP contribution in [0.4, 0.5) is 0 Å². The fraction of sp³-hybridized carbons (Fsp3) is 1.00. The average Bonchev–Trinajstić information content (AvgIpc) is 3.19. The molecule has 1 saturated heterocycles. The van der Waals surface area contributed by atoms with Crippen molar-refractivity contribution in [2.75, 3.05) is 5.75 Å². The summed E-state index contributed by atoms with van der Waals surface area (Å²) in [6, 6.07) is 0. The van der Waals surface area contributed by atoms with Gasteiger partial charge in [0.15, 0.2) is 5.79 Å². The van der Waals surface area contributed by atoms with Gasteiger partial charge in [0.1, 0.15) is 0 Å². The molecule has 7 aliphatic rings. The van der Waals surface area contributed by atoms with Gasteiger partial charge in [-0.25, -0.2) is 8.42 Å². The van der Waals surface area contributed by atoms with Gasteiger partial charge in [-0.3, -0.25) is 0 Å². The molecule has 0 amide bonds. The van der Waals surface area contributed by atoms with Gasteiger partial charge < -0.3 is 14.0 Å². The second-order valence-electron chi connectivity index (χ2n) is 9.90. The molecule has 140 valence electrons. The number of hydrogen-bond donors (Lipinski definition) is 0. The zero-order valence-electron chi connectivity index (χ0n) is 14.5. The van der Waals surface area contributed by atoms with Crippen LogP contribution in [-0.2, 0) is 19.6 Å². The summed E-state index contributed by atoms with van der Waals surface area (Å²) < 4.78 is 46.6. The zero-order chi connectivity index (χ0) is 17.0. The summed E-state index contributed by atoms with van der Waals surface area (Å²) in [4.78, 5) is 0. The lowest BCUT2D eigenvalue weighted by Crippen LogP contribution is -2.59. The van der Waals surface area contributed by atoms with Crippen molar-refractivity contribution in [3.05, 3.63) is 0 Å². The third-order valence-corrected chi connectivity index (χ3v) is 9.39. The summed E-state index contributed by atoms with van der Waals surface area (Å²) in [5.74, 6) is 3.63. The summed E-state index contributed by atoms with van der Waals surface area (Å²) in [6.07, 6.45) is 9.52. The van der Waals surface area contributed by atoms with E-state index < -0.39 is 10.1 Å². The van der Waals surface area contributed by atoms with E-state index in [2.05, 4.69) is 0 Å². The molecule has 7 fully saturated rings. The second-order valence-corrected chi connectivity index (χ2v) is 11.4. The molecule has 5 atom stereocenters. The minimum Gasteiger partial charge on any atom is -0.748 e. The predicted octanol–water partition coefficient (Wildman–Crippen LogP) is 2.51. The van der Waals surface area contributed by atoms with E-state index in [9.17, 15) is 13.0 Å². The van der Waals surface area contributed by atoms with Gasteiger partial charge in [-0.1, -0.05) is 0 Å². The van der Waals surface area contributed by atoms with Crippen molar-refractivity contribution in [3.8, 4) is 0 Å². The van der Waals surface area contributed by atoms with Crippen molar-refractivity contribution in [2.24, 2.45) is 41.4 Å². The molecule has 25 heavy (non-hydrogen) atoms. The number of fused-ring (bicyclic) bond motifs is 5. The molecule has 0 N–H and O–H groups in total. The monoisotopic (exact) mass is 367 g/mol. The standard InChI is InChI=1S/C19H28O5S/c20-25(21,22)2-1-12-8-13-9-16(12)18-17(13)23-19(24-18)14-4-10-3-11(6-14)7-15(19)5-10/h10-18H,1-9H2,(H,20,21,22)/p-1. The van der Waals surface area contributed by atoms with Crippen LogP contribution in [0.1, 0.15) is 51.4 Å². The van der Waals surface area contributed by atoms with Crippen LogP contribution in [0.2, 0.25) is 0 Å². The van der Waals surface area contributed by atoms with Gasteiger partial charge in [0, 0.05) is 17.6 Å². The van der Waals surface area contributed by atoms with Crippen LogP contribution >= 0.6 is 0 Å². The molecule has 6 bridgehead atoms. The first-order chi connectivity index (χ1) is 11.9. The highest BCUT2D eigenvalue weighted by atomic mass is 32.2. The van der Waals surface area contributed by atoms with Crippen molar-refractivity contribution in [2.45, 2.75) is 69.4 Å². The lowest BCUT2D eigenvalue weighted by molar-refractivity contribution is -0.304. The van der Waals surface area contributed by atoms with Crippen molar-refractivity contribution in [1.82, 2.24) is 0 Å². The van der Waals surface area contributed by atoms with Crippen LogP contribution < -0.4 is 0 Å². The first kappa shape index (κ1) is 15.8. The Labute approximate surface area is 149 Å². The molecule has 1 aliphatic heterocycles. The van der Waals surface area contributed by atoms with Gasteiger partial charge >= 0.3 is 0 Å². The van der Waals surface area contributed by atoms with Crippen molar-refractivity contribution in [3.63, 3.8) is 0 Å². The minimum atomic E-state index is -4.11. The number of ether oxygens (including phenoxy) is 2. The van der Waals surface area contributed by atoms with Gasteiger partial charge in [-0.05, 0) is 81.0 Å². The molecule has 0 aromatic heterocycles. The van der Waals surface area contributed by atoms with E-state index in [4.69, 9.17) is 9.47 Å². The smallest absolute Gasteiger partial charge is 0.174 e. The zero-order valence-corrected chi connectivity index (χ0v) is 15.3. The SMILES string of the molecule is O=S(=O)([O-])CCC1CC2CC1C1OC3(OC21)C1CC2CC(C1)CC3C2. The Hall–Kier alpha value is -0.170. The van der Waals surface area contributed by atoms with Crippen molar-refractivity contribution in [1.29, 1.82) is 0 Å². The van der Waals surface area contributed by atoms with Gasteiger partial charge in [0.2, 0.25) is 0 Å². The van der Waals surface area contributed by atoms with Crippen LogP contribution in [0.15, 0.2) is 0 Å². The Morgan fingerprint density at radius 2 is 1.52 bits per heavy atom. The van der Waals surface area contributed by atoms with E-state index in [1.54, 1.807) is 0 Å². The largest absolute Gasteiger partial charge is 0.748 e. The van der Waals surface area contributed by atoms with Crippen molar-refractivity contribution >= 4 is 10.1 Å². The molecule has 1 heterocycles. The van der Waals surface area contributed by atoms with Crippen LogP contribution in [0.3, 0.4) is 0 Å². The van der Waals surface area contributed by atoms with Crippen LogP contribution in [0, 0.1) is 41.4 Å². The molecular weight excluding hydrogens is 340 g/mol. The minimum absolute atomic E-state index is 0.149. The maximum atomic E-state index is 11.0. The third-order valence-electron chi connectivity index (χ3n) is 8.65. The topological polar surface area (TPSA) is 75.7 Å². The molecule has 7 rings (SSSR count). The molecule has 6 saturated carbocycles. The van der Waals surface area contributed by atoms with E-state index in [0.29, 0.717) is 36.0 Å². The van der Waals surface area contributed by atoms with Gasteiger partial charge in [0.25, 0.3) is 0 Å². The summed E-state index contributed by atoms with van der Waals surface area (Å²) >= 11 is 0. The first-order valence-electron chi connectivity index (χ1n) is 10.2. The van der Waals surface area contributed by atoms with E-state index >= 15 is 0 Å². The Morgan fingerprint density at radius 1 is 0.880 bits per heavy atom. The van der Waals surface area contributed by atoms with Gasteiger partial charge in [0.05, 0.1) is 22.3 Å². The number of hydrogen-bond acceptors (Lipinski definition) is 5. The summed E-state index contributed by atoms with van der Waals surface area (Å²) in [6.45, 7) is 0. The summed E-state index contributed by atoms with van der Waals surface area (Å²) in [5.41, 5.74) is 0.